The maximum Gasteiger partial charge on any atom is 0.338 e. The number of hydrogen-bond donors (Lipinski definition) is 2. The number of benzene rings is 2. The maximum absolute atomic E-state index is 12.3. The van der Waals surface area contributed by atoms with E-state index in [4.69, 9.17) is 9.47 Å². The highest BCUT2D eigenvalue weighted by Crippen LogP contribution is 2.45. The lowest BCUT2D eigenvalue weighted by molar-refractivity contribution is 0.0526. The smallest absolute Gasteiger partial charge is 0.338 e. The van der Waals surface area contributed by atoms with Crippen LogP contribution in [0.25, 0.3) is 0 Å². The first-order chi connectivity index (χ1) is 12.5. The quantitative estimate of drug-likeness (QED) is 0.824. The summed E-state index contributed by atoms with van der Waals surface area (Å²) in [5.74, 6) is -0.435. The summed E-state index contributed by atoms with van der Waals surface area (Å²) in [5, 5.41) is 12.4. The fourth-order valence-electron chi connectivity index (χ4n) is 3.33. The molecule has 2 N–H and O–H groups in total. The van der Waals surface area contributed by atoms with E-state index in [1.165, 1.54) is 13.1 Å². The molecule has 2 aromatic rings. The molecule has 0 saturated heterocycles. The fraction of sp³-hybridized carbons (Fsp3) is 0.300. The molecule has 1 amide bonds. The van der Waals surface area contributed by atoms with Crippen molar-refractivity contribution in [1.82, 2.24) is 5.32 Å². The number of aromatic hydroxyl groups is 1. The summed E-state index contributed by atoms with van der Waals surface area (Å²) in [7, 11) is 1.52. The van der Waals surface area contributed by atoms with Crippen LogP contribution in [0.4, 0.5) is 0 Å². The zero-order valence-corrected chi connectivity index (χ0v) is 14.9. The lowest BCUT2D eigenvalue weighted by Crippen LogP contribution is -2.20. The molecule has 6 heteroatoms. The van der Waals surface area contributed by atoms with Crippen LogP contribution in [-0.4, -0.2) is 36.7 Å². The van der Waals surface area contributed by atoms with Gasteiger partial charge in [-0.25, -0.2) is 4.79 Å². The van der Waals surface area contributed by atoms with Crippen LogP contribution in [0.5, 0.6) is 11.5 Å². The van der Waals surface area contributed by atoms with Crippen LogP contribution in [0.3, 0.4) is 0 Å². The number of hydrogen-bond acceptors (Lipinski definition) is 5. The highest BCUT2D eigenvalue weighted by atomic mass is 16.5. The van der Waals surface area contributed by atoms with Crippen LogP contribution in [-0.2, 0) is 4.74 Å². The van der Waals surface area contributed by atoms with E-state index in [2.05, 4.69) is 5.32 Å². The Bertz CT molecular complexity index is 861. The second-order valence-corrected chi connectivity index (χ2v) is 6.14. The molecular weight excluding hydrogens is 334 g/mol. The van der Waals surface area contributed by atoms with Crippen LogP contribution >= 0.6 is 0 Å². The van der Waals surface area contributed by atoms with Gasteiger partial charge in [-0.2, -0.15) is 0 Å². The lowest BCUT2D eigenvalue weighted by atomic mass is 9.87. The first-order valence-electron chi connectivity index (χ1n) is 8.49. The number of carbonyl (C=O) groups excluding carboxylic acids is 2. The summed E-state index contributed by atoms with van der Waals surface area (Å²) in [4.78, 5) is 24.6. The Balaban J connectivity index is 2.17. The molecule has 6 nitrogen and oxygen atoms in total. The van der Waals surface area contributed by atoms with Crippen LogP contribution in [0, 0.1) is 0 Å². The van der Waals surface area contributed by atoms with Gasteiger partial charge in [-0.1, -0.05) is 12.1 Å². The third-order valence-electron chi connectivity index (χ3n) is 4.44. The van der Waals surface area contributed by atoms with Gasteiger partial charge in [-0.3, -0.25) is 4.79 Å². The zero-order chi connectivity index (χ0) is 18.8. The molecule has 0 spiro atoms. The van der Waals surface area contributed by atoms with Crippen molar-refractivity contribution >= 4 is 11.9 Å². The number of ether oxygens (including phenoxy) is 2. The molecule has 0 saturated carbocycles. The number of phenols is 1. The normalized spacial score (nSPS) is 18.0. The number of phenolic OH excluding ortho intramolecular Hbond substituents is 1. The van der Waals surface area contributed by atoms with Crippen molar-refractivity contribution in [1.29, 1.82) is 0 Å². The van der Waals surface area contributed by atoms with Crippen LogP contribution in [0.1, 0.15) is 51.6 Å². The van der Waals surface area contributed by atoms with Gasteiger partial charge in [-0.05, 0) is 43.7 Å². The van der Waals surface area contributed by atoms with Crippen LogP contribution in [0.15, 0.2) is 36.4 Å². The molecule has 136 valence electrons. The van der Waals surface area contributed by atoms with Gasteiger partial charge in [-0.15, -0.1) is 0 Å². The summed E-state index contributed by atoms with van der Waals surface area (Å²) in [5.41, 5.74) is 2.17. The van der Waals surface area contributed by atoms with Crippen molar-refractivity contribution in [3.63, 3.8) is 0 Å². The van der Waals surface area contributed by atoms with Gasteiger partial charge in [0.1, 0.15) is 17.6 Å². The van der Waals surface area contributed by atoms with E-state index in [-0.39, 0.29) is 30.3 Å². The standard InChI is InChI=1S/C20H21NO5/c1-4-25-20(24)13-9-15-17(12-6-5-7-14(22)8-12)11(2)26-18(15)16(10-13)19(23)21-3/h5-11,17,22H,4H2,1-3H3,(H,21,23)/t11-,17-/m0/s1. The van der Waals surface area contributed by atoms with Gasteiger partial charge in [0, 0.05) is 18.5 Å². The summed E-state index contributed by atoms with van der Waals surface area (Å²) < 4.78 is 11.1. The molecule has 0 aliphatic carbocycles. The summed E-state index contributed by atoms with van der Waals surface area (Å²) in [6, 6.07) is 10.1. The van der Waals surface area contributed by atoms with Gasteiger partial charge in [0.05, 0.1) is 17.7 Å². The van der Waals surface area contributed by atoms with Crippen LogP contribution in [0.2, 0.25) is 0 Å². The number of esters is 1. The number of nitrogens with one attached hydrogen (secondary N) is 1. The van der Waals surface area contributed by atoms with Gasteiger partial charge < -0.3 is 19.9 Å². The largest absolute Gasteiger partial charge is 0.508 e. The van der Waals surface area contributed by atoms with Crippen molar-refractivity contribution in [2.75, 3.05) is 13.7 Å². The molecule has 0 fully saturated rings. The summed E-state index contributed by atoms with van der Waals surface area (Å²) >= 11 is 0. The van der Waals surface area contributed by atoms with Crippen molar-refractivity contribution in [2.45, 2.75) is 25.9 Å². The Labute approximate surface area is 151 Å². The second-order valence-electron chi connectivity index (χ2n) is 6.14. The third kappa shape index (κ3) is 3.10. The molecule has 1 aliphatic heterocycles. The minimum atomic E-state index is -0.491. The monoisotopic (exact) mass is 355 g/mol. The minimum absolute atomic E-state index is 0.149. The molecule has 0 unspecified atom stereocenters. The van der Waals surface area contributed by atoms with Crippen molar-refractivity contribution < 1.29 is 24.2 Å². The molecular formula is C20H21NO5. The Kier molecular flexibility index (Phi) is 4.84. The fourth-order valence-corrected chi connectivity index (χ4v) is 3.33. The van der Waals surface area contributed by atoms with Crippen molar-refractivity contribution in [3.05, 3.63) is 58.7 Å². The minimum Gasteiger partial charge on any atom is -0.508 e. The zero-order valence-electron chi connectivity index (χ0n) is 14.9. The lowest BCUT2D eigenvalue weighted by Gasteiger charge is -2.15. The SMILES string of the molecule is CCOC(=O)c1cc(C(=O)NC)c2c(c1)[C@H](c1cccc(O)c1)[C@H](C)O2. The van der Waals surface area contributed by atoms with Crippen molar-refractivity contribution in [3.8, 4) is 11.5 Å². The molecule has 0 aromatic heterocycles. The summed E-state index contributed by atoms with van der Waals surface area (Å²) in [6.45, 7) is 3.87. The van der Waals surface area contributed by atoms with Gasteiger partial charge in [0.25, 0.3) is 5.91 Å². The molecule has 0 bridgehead atoms. The highest BCUT2D eigenvalue weighted by Gasteiger charge is 2.36. The van der Waals surface area contributed by atoms with Gasteiger partial charge >= 0.3 is 5.97 Å². The number of amides is 1. The van der Waals surface area contributed by atoms with E-state index < -0.39 is 5.97 Å². The molecule has 0 radical (unpaired) electrons. The Morgan fingerprint density at radius 2 is 2.04 bits per heavy atom. The molecule has 3 rings (SSSR count). The Hall–Kier alpha value is -3.02. The Morgan fingerprint density at radius 1 is 1.27 bits per heavy atom. The first-order valence-corrected chi connectivity index (χ1v) is 8.49. The van der Waals surface area contributed by atoms with Crippen LogP contribution < -0.4 is 10.1 Å². The average molecular weight is 355 g/mol. The Morgan fingerprint density at radius 3 is 2.69 bits per heavy atom. The predicted molar refractivity (Wildman–Crippen MR) is 95.8 cm³/mol. The van der Waals surface area contributed by atoms with E-state index in [0.29, 0.717) is 16.9 Å². The van der Waals surface area contributed by atoms with Gasteiger partial charge in [0.2, 0.25) is 0 Å². The number of fused-ring (bicyclic) bond motifs is 1. The third-order valence-corrected chi connectivity index (χ3v) is 4.44. The van der Waals surface area contributed by atoms with E-state index in [1.807, 2.05) is 13.0 Å². The second kappa shape index (κ2) is 7.07. The molecule has 26 heavy (non-hydrogen) atoms. The van der Waals surface area contributed by atoms with E-state index in [9.17, 15) is 14.7 Å². The predicted octanol–water partition coefficient (Wildman–Crippen LogP) is 2.84. The summed E-state index contributed by atoms with van der Waals surface area (Å²) in [6.07, 6.45) is -0.257. The van der Waals surface area contributed by atoms with E-state index in [1.54, 1.807) is 31.2 Å². The topological polar surface area (TPSA) is 84.9 Å². The van der Waals surface area contributed by atoms with E-state index in [0.717, 1.165) is 11.1 Å². The number of carbonyl (C=O) groups is 2. The van der Waals surface area contributed by atoms with E-state index >= 15 is 0 Å². The molecule has 1 heterocycles. The van der Waals surface area contributed by atoms with Gasteiger partial charge in [0.15, 0.2) is 0 Å². The maximum atomic E-state index is 12.3. The molecule has 2 atom stereocenters. The molecule has 1 aliphatic rings. The number of rotatable bonds is 4. The first kappa shape index (κ1) is 17.8. The average Bonchev–Trinajstić information content (AvgIpc) is 2.96. The van der Waals surface area contributed by atoms with Crippen molar-refractivity contribution in [2.24, 2.45) is 0 Å². The highest BCUT2D eigenvalue weighted by molar-refractivity contribution is 6.01. The molecule has 2 aromatic carbocycles.